The first-order valence-corrected chi connectivity index (χ1v) is 15.3. The third kappa shape index (κ3) is 3.00. The first-order valence-electron chi connectivity index (χ1n) is 12.1. The van der Waals surface area contributed by atoms with Crippen molar-refractivity contribution in [3.8, 4) is 0 Å². The first kappa shape index (κ1) is 21.7. The molecule has 0 aromatic carbocycles. The molecule has 0 amide bonds. The Hall–Kier alpha value is 0.430. The standard InChI is InChI=1S/C26H45IN/c1-18-10-11-19-12-13-21-20-8-7-9-22(23(2,3)27-6)24(20,4)16-17-26(21,28)25(19,5)15-14-18/h12,18,20-22H,7-11,13-17,28H2,1-6H3/q-1/t18-,20?,21+,22-,24+,25+,26-/m1/s1. The molecule has 162 valence electrons. The summed E-state index contributed by atoms with van der Waals surface area (Å²) in [4.78, 5) is 2.52. The van der Waals surface area contributed by atoms with Gasteiger partial charge in [-0.15, -0.1) is 0 Å². The zero-order valence-corrected chi connectivity index (χ0v) is 21.6. The van der Waals surface area contributed by atoms with Gasteiger partial charge in [-0.1, -0.05) is 0 Å². The molecule has 4 aliphatic rings. The monoisotopic (exact) mass is 498 g/mol. The van der Waals surface area contributed by atoms with E-state index in [1.165, 1.54) is 64.2 Å². The fourth-order valence-corrected chi connectivity index (χ4v) is 10.2. The topological polar surface area (TPSA) is 26.0 Å². The minimum absolute atomic E-state index is 0.0403. The van der Waals surface area contributed by atoms with Gasteiger partial charge in [-0.2, -0.15) is 0 Å². The summed E-state index contributed by atoms with van der Waals surface area (Å²) >= 11 is 0.261. The molecule has 1 nitrogen and oxygen atoms in total. The summed E-state index contributed by atoms with van der Waals surface area (Å²) in [6.45, 7) is 12.9. The summed E-state index contributed by atoms with van der Waals surface area (Å²) in [5, 5.41) is 0. The molecule has 0 radical (unpaired) electrons. The Bertz CT molecular complexity index is 638. The molecule has 0 heterocycles. The van der Waals surface area contributed by atoms with E-state index in [0.29, 0.717) is 14.8 Å². The van der Waals surface area contributed by atoms with Crippen LogP contribution in [0.2, 0.25) is 0 Å². The summed E-state index contributed by atoms with van der Waals surface area (Å²) in [6, 6.07) is 0. The molecule has 2 heteroatoms. The summed E-state index contributed by atoms with van der Waals surface area (Å²) in [7, 11) is 0. The molecule has 0 aromatic heterocycles. The predicted octanol–water partition coefficient (Wildman–Crippen LogP) is 3.56. The van der Waals surface area contributed by atoms with Gasteiger partial charge >= 0.3 is 186 Å². The van der Waals surface area contributed by atoms with E-state index in [1.54, 1.807) is 5.57 Å². The molecule has 0 bridgehead atoms. The molecule has 0 saturated heterocycles. The van der Waals surface area contributed by atoms with E-state index in [2.05, 4.69) is 45.6 Å². The van der Waals surface area contributed by atoms with E-state index >= 15 is 0 Å². The summed E-state index contributed by atoms with van der Waals surface area (Å²) in [6.07, 6.45) is 16.3. The van der Waals surface area contributed by atoms with Crippen molar-refractivity contribution in [2.45, 2.75) is 108 Å². The first-order chi connectivity index (χ1) is 13.1. The quantitative estimate of drug-likeness (QED) is 0.352. The number of hydrogen-bond acceptors (Lipinski definition) is 1. The van der Waals surface area contributed by atoms with Crippen molar-refractivity contribution in [2.24, 2.45) is 40.2 Å². The third-order valence-electron chi connectivity index (χ3n) is 10.6. The van der Waals surface area contributed by atoms with Gasteiger partial charge in [0, 0.05) is 0 Å². The molecule has 2 N–H and O–H groups in total. The fourth-order valence-electron chi connectivity index (χ4n) is 8.47. The van der Waals surface area contributed by atoms with Crippen LogP contribution < -0.4 is 26.9 Å². The van der Waals surface area contributed by atoms with Crippen LogP contribution in [0.4, 0.5) is 0 Å². The molecule has 28 heavy (non-hydrogen) atoms. The van der Waals surface area contributed by atoms with Crippen molar-refractivity contribution >= 4 is 0 Å². The Morgan fingerprint density at radius 1 is 1.04 bits per heavy atom. The summed E-state index contributed by atoms with van der Waals surface area (Å²) < 4.78 is 0.568. The zero-order valence-electron chi connectivity index (χ0n) is 19.4. The molecular weight excluding hydrogens is 453 g/mol. The van der Waals surface area contributed by atoms with Gasteiger partial charge in [0.2, 0.25) is 0 Å². The van der Waals surface area contributed by atoms with Crippen molar-refractivity contribution in [1.29, 1.82) is 0 Å². The number of hydrogen-bond donors (Lipinski definition) is 1. The second kappa shape index (κ2) is 7.24. The Labute approximate surface area is 185 Å². The van der Waals surface area contributed by atoms with Gasteiger partial charge in [0.15, 0.2) is 0 Å². The maximum absolute atomic E-state index is 7.59. The van der Waals surface area contributed by atoms with Gasteiger partial charge in [0.05, 0.1) is 0 Å². The Kier molecular flexibility index (Phi) is 5.60. The number of halogens is 1. The average molecular weight is 499 g/mol. The second-order valence-corrected chi connectivity index (χ2v) is 15.8. The molecule has 3 saturated carbocycles. The van der Waals surface area contributed by atoms with Gasteiger partial charge in [-0.3, -0.25) is 0 Å². The SMILES string of the molecule is C[I-]C(C)(C)[C@H]1CCCC2[C@@H]3CC=C4CC[C@@H](C)CC[C@]4(C)[C@@]3(N)CC[C@@]21C. The molecule has 7 atom stereocenters. The number of alkyl halides is 2. The van der Waals surface area contributed by atoms with Crippen LogP contribution in [-0.4, -0.2) is 13.9 Å². The van der Waals surface area contributed by atoms with E-state index < -0.39 is 0 Å². The number of rotatable bonds is 2. The van der Waals surface area contributed by atoms with E-state index in [-0.39, 0.29) is 32.2 Å². The van der Waals surface area contributed by atoms with Crippen LogP contribution in [0.15, 0.2) is 11.6 Å². The molecule has 3 fully saturated rings. The normalized spacial score (nSPS) is 49.5. The molecule has 0 aromatic rings. The van der Waals surface area contributed by atoms with Crippen LogP contribution in [0.3, 0.4) is 0 Å². The predicted molar refractivity (Wildman–Crippen MR) is 117 cm³/mol. The second-order valence-electron chi connectivity index (χ2n) is 12.0. The van der Waals surface area contributed by atoms with Crippen LogP contribution in [0.5, 0.6) is 0 Å². The van der Waals surface area contributed by atoms with Gasteiger partial charge in [-0.25, -0.2) is 0 Å². The van der Waals surface area contributed by atoms with Gasteiger partial charge in [0.1, 0.15) is 0 Å². The molecule has 0 aliphatic heterocycles. The fraction of sp³-hybridized carbons (Fsp3) is 0.923. The van der Waals surface area contributed by atoms with Crippen molar-refractivity contribution < 1.29 is 21.2 Å². The van der Waals surface area contributed by atoms with Crippen molar-refractivity contribution in [2.75, 3.05) is 4.93 Å². The van der Waals surface area contributed by atoms with Gasteiger partial charge < -0.3 is 0 Å². The maximum atomic E-state index is 7.59. The average Bonchev–Trinajstić information content (AvgIpc) is 2.81. The van der Waals surface area contributed by atoms with Crippen LogP contribution >= 0.6 is 0 Å². The molecule has 4 rings (SSSR count). The Morgan fingerprint density at radius 3 is 2.50 bits per heavy atom. The number of allylic oxidation sites excluding steroid dienone is 1. The third-order valence-corrected chi connectivity index (χ3v) is 14.1. The summed E-state index contributed by atoms with van der Waals surface area (Å²) in [5.74, 6) is 3.33. The van der Waals surface area contributed by atoms with Gasteiger partial charge in [0.25, 0.3) is 0 Å². The van der Waals surface area contributed by atoms with E-state index in [4.69, 9.17) is 5.73 Å². The van der Waals surface area contributed by atoms with Crippen molar-refractivity contribution in [3.63, 3.8) is 0 Å². The van der Waals surface area contributed by atoms with Gasteiger partial charge in [-0.05, 0) is 0 Å². The van der Waals surface area contributed by atoms with Crippen LogP contribution in [0.1, 0.15) is 98.8 Å². The molecule has 0 spiro atoms. The van der Waals surface area contributed by atoms with Crippen LogP contribution in [0, 0.1) is 34.5 Å². The number of nitrogens with two attached hydrogens (primary N) is 1. The minimum atomic E-state index is 0.0403. The summed E-state index contributed by atoms with van der Waals surface area (Å²) in [5.41, 5.74) is 10.1. The molecular formula is C26H45IN-. The Morgan fingerprint density at radius 2 is 1.79 bits per heavy atom. The zero-order chi connectivity index (χ0) is 20.4. The van der Waals surface area contributed by atoms with E-state index in [0.717, 1.165) is 17.8 Å². The Balaban J connectivity index is 1.72. The molecule has 4 aliphatic carbocycles. The van der Waals surface area contributed by atoms with Crippen LogP contribution in [0.25, 0.3) is 0 Å². The molecule has 1 unspecified atom stereocenters. The van der Waals surface area contributed by atoms with Crippen LogP contribution in [-0.2, 0) is 0 Å². The van der Waals surface area contributed by atoms with Crippen molar-refractivity contribution in [3.05, 3.63) is 11.6 Å². The van der Waals surface area contributed by atoms with Crippen molar-refractivity contribution in [1.82, 2.24) is 0 Å². The van der Waals surface area contributed by atoms with E-state index in [1.807, 2.05) is 0 Å². The van der Waals surface area contributed by atoms with E-state index in [9.17, 15) is 0 Å². The number of fused-ring (bicyclic) bond motifs is 5.